The van der Waals surface area contributed by atoms with Gasteiger partial charge < -0.3 is 13.3 Å². The summed E-state index contributed by atoms with van der Waals surface area (Å²) < 4.78 is 19.1. The Labute approximate surface area is 178 Å². The Morgan fingerprint density at radius 2 is 0.808 bits per heavy atom. The molecule has 158 valence electrons. The van der Waals surface area contributed by atoms with E-state index in [1.54, 1.807) is 0 Å². The van der Waals surface area contributed by atoms with E-state index in [9.17, 15) is 0 Å². The van der Waals surface area contributed by atoms with Gasteiger partial charge in [-0.2, -0.15) is 0 Å². The van der Waals surface area contributed by atoms with Crippen LogP contribution >= 0.6 is 22.6 Å². The number of unbranched alkanes of at least 4 members (excludes halogenated alkanes) is 12. The molecule has 0 fully saturated rings. The number of halogens is 1. The molecule has 0 bridgehead atoms. The number of rotatable bonds is 21. The van der Waals surface area contributed by atoms with Gasteiger partial charge in [0.05, 0.1) is 0 Å². The lowest BCUT2D eigenvalue weighted by molar-refractivity contribution is 0.0706. The summed E-state index contributed by atoms with van der Waals surface area (Å²) in [4.78, 5) is 0. The predicted octanol–water partition coefficient (Wildman–Crippen LogP) is 7.54. The summed E-state index contributed by atoms with van der Waals surface area (Å²) in [7, 11) is -2.40. The van der Waals surface area contributed by atoms with Crippen molar-refractivity contribution in [3.05, 3.63) is 0 Å². The summed E-state index contributed by atoms with van der Waals surface area (Å²) in [5.41, 5.74) is 0. The van der Waals surface area contributed by atoms with Gasteiger partial charge in [0, 0.05) is 25.9 Å². The first-order valence-corrected chi connectivity index (χ1v) is 14.7. The van der Waals surface area contributed by atoms with Crippen molar-refractivity contribution in [1.29, 1.82) is 0 Å². The van der Waals surface area contributed by atoms with E-state index in [0.717, 1.165) is 6.04 Å². The van der Waals surface area contributed by atoms with Crippen molar-refractivity contribution in [1.82, 2.24) is 0 Å². The van der Waals surface area contributed by atoms with E-state index < -0.39 is 8.80 Å². The third kappa shape index (κ3) is 15.8. The van der Waals surface area contributed by atoms with Crippen LogP contribution in [0.4, 0.5) is 0 Å². The monoisotopic (exact) mass is 500 g/mol. The van der Waals surface area contributed by atoms with E-state index >= 15 is 0 Å². The molecule has 0 unspecified atom stereocenters. The molecule has 0 saturated carbocycles. The summed E-state index contributed by atoms with van der Waals surface area (Å²) in [6.07, 6.45) is 18.0. The van der Waals surface area contributed by atoms with Crippen LogP contribution in [0.25, 0.3) is 0 Å². The van der Waals surface area contributed by atoms with Crippen LogP contribution in [0, 0.1) is 0 Å². The lowest BCUT2D eigenvalue weighted by Gasteiger charge is -2.28. The number of hydrogen-bond donors (Lipinski definition) is 0. The molecule has 0 radical (unpaired) electrons. The average molecular weight is 501 g/mol. The molecule has 0 aromatic rings. The lowest BCUT2D eigenvalue weighted by atomic mass is 10.1. The molecule has 0 aliphatic carbocycles. The fourth-order valence-corrected chi connectivity index (χ4v) is 6.61. The number of hydrogen-bond acceptors (Lipinski definition) is 3. The second-order valence-electron chi connectivity index (χ2n) is 7.02. The molecule has 0 aromatic carbocycles. The molecule has 0 spiro atoms. The molecule has 0 N–H and O–H groups in total. The van der Waals surface area contributed by atoms with Gasteiger partial charge in [-0.15, -0.1) is 0 Å². The molecular formula is C21H45IO3Si. The highest BCUT2D eigenvalue weighted by Crippen LogP contribution is 2.21. The van der Waals surface area contributed by atoms with Crippen LogP contribution in [0.15, 0.2) is 0 Å². The molecule has 0 atom stereocenters. The molecule has 3 nitrogen and oxygen atoms in total. The van der Waals surface area contributed by atoms with Crippen molar-refractivity contribution in [3.8, 4) is 0 Å². The molecule has 0 saturated heterocycles. The summed E-state index contributed by atoms with van der Waals surface area (Å²) in [6, 6.07) is 0.972. The van der Waals surface area contributed by atoms with Gasteiger partial charge in [-0.1, -0.05) is 93.2 Å². The van der Waals surface area contributed by atoms with Crippen LogP contribution in [0.5, 0.6) is 0 Å². The highest BCUT2D eigenvalue weighted by Gasteiger charge is 2.39. The van der Waals surface area contributed by atoms with Gasteiger partial charge in [0.2, 0.25) is 0 Å². The Bertz CT molecular complexity index is 263. The minimum atomic E-state index is -2.40. The lowest BCUT2D eigenvalue weighted by Crippen LogP contribution is -2.45. The second kappa shape index (κ2) is 20.6. The van der Waals surface area contributed by atoms with Crippen molar-refractivity contribution in [2.75, 3.05) is 24.2 Å². The predicted molar refractivity (Wildman–Crippen MR) is 124 cm³/mol. The second-order valence-corrected chi connectivity index (χ2v) is 10.8. The molecule has 0 amide bonds. The first kappa shape index (κ1) is 26.8. The molecule has 5 heteroatoms. The maximum atomic E-state index is 5.92. The van der Waals surface area contributed by atoms with Crippen molar-refractivity contribution < 1.29 is 13.3 Å². The van der Waals surface area contributed by atoms with Crippen molar-refractivity contribution in [2.24, 2.45) is 0 Å². The zero-order valence-corrected chi connectivity index (χ0v) is 21.0. The third-order valence-electron chi connectivity index (χ3n) is 4.71. The summed E-state index contributed by atoms with van der Waals surface area (Å²) in [6.45, 7) is 8.15. The van der Waals surface area contributed by atoms with Crippen LogP contribution in [-0.2, 0) is 13.3 Å². The van der Waals surface area contributed by atoms with Gasteiger partial charge in [-0.3, -0.25) is 0 Å². The first-order valence-electron chi connectivity index (χ1n) is 11.2. The van der Waals surface area contributed by atoms with E-state index in [4.69, 9.17) is 13.3 Å². The average Bonchev–Trinajstić information content (AvgIpc) is 2.63. The maximum absolute atomic E-state index is 5.92. The maximum Gasteiger partial charge on any atom is 0.500 e. The van der Waals surface area contributed by atoms with Crippen LogP contribution in [0.2, 0.25) is 6.04 Å². The van der Waals surface area contributed by atoms with E-state index in [0.29, 0.717) is 19.8 Å². The van der Waals surface area contributed by atoms with E-state index in [1.807, 2.05) is 20.8 Å². The van der Waals surface area contributed by atoms with Gasteiger partial charge in [0.1, 0.15) is 0 Å². The summed E-state index contributed by atoms with van der Waals surface area (Å²) in [5, 5.41) is 0. The normalized spacial score (nSPS) is 12.0. The molecule has 0 aliphatic heterocycles. The smallest absolute Gasteiger partial charge is 0.374 e. The largest absolute Gasteiger partial charge is 0.500 e. The van der Waals surface area contributed by atoms with E-state index in [2.05, 4.69) is 22.6 Å². The molecule has 0 heterocycles. The molecule has 26 heavy (non-hydrogen) atoms. The van der Waals surface area contributed by atoms with Gasteiger partial charge >= 0.3 is 8.80 Å². The van der Waals surface area contributed by atoms with Crippen molar-refractivity contribution in [3.63, 3.8) is 0 Å². The zero-order chi connectivity index (χ0) is 19.3. The highest BCUT2D eigenvalue weighted by molar-refractivity contribution is 14.1. The van der Waals surface area contributed by atoms with Crippen LogP contribution in [-0.4, -0.2) is 33.1 Å². The Balaban J connectivity index is 3.52. The Hall–Kier alpha value is 0.827. The van der Waals surface area contributed by atoms with E-state index in [-0.39, 0.29) is 0 Å². The number of alkyl halides is 1. The van der Waals surface area contributed by atoms with Gasteiger partial charge in [0.25, 0.3) is 0 Å². The van der Waals surface area contributed by atoms with Gasteiger partial charge in [-0.25, -0.2) is 0 Å². The Morgan fingerprint density at radius 3 is 1.12 bits per heavy atom. The minimum absolute atomic E-state index is 0.685. The topological polar surface area (TPSA) is 27.7 Å². The Morgan fingerprint density at radius 1 is 0.500 bits per heavy atom. The third-order valence-corrected chi connectivity index (χ3v) is 8.62. The van der Waals surface area contributed by atoms with E-state index in [1.165, 1.54) is 87.9 Å². The molecule has 0 rings (SSSR count). The van der Waals surface area contributed by atoms with Crippen LogP contribution in [0.1, 0.15) is 104 Å². The molecule has 0 aliphatic rings. The standard InChI is InChI=1S/C21H45IO3Si/c1-4-23-26(24-5-2,25-6-3)21-19-17-15-13-11-9-7-8-10-12-14-16-18-20-22/h4-21H2,1-3H3. The fraction of sp³-hybridized carbons (Fsp3) is 1.00. The molecular weight excluding hydrogens is 455 g/mol. The summed E-state index contributed by atoms with van der Waals surface area (Å²) >= 11 is 2.48. The minimum Gasteiger partial charge on any atom is -0.374 e. The fourth-order valence-electron chi connectivity index (χ4n) is 3.38. The van der Waals surface area contributed by atoms with Crippen molar-refractivity contribution >= 4 is 31.4 Å². The zero-order valence-electron chi connectivity index (χ0n) is 17.8. The van der Waals surface area contributed by atoms with Gasteiger partial charge in [-0.05, 0) is 38.0 Å². The van der Waals surface area contributed by atoms with Crippen molar-refractivity contribution in [2.45, 2.75) is 110 Å². The highest BCUT2D eigenvalue weighted by atomic mass is 127. The SMILES string of the molecule is CCO[Si](CCCCCCCCCCCCCCCI)(OCC)OCC. The van der Waals surface area contributed by atoms with Crippen LogP contribution < -0.4 is 0 Å². The Kier molecular flexibility index (Phi) is 21.2. The van der Waals surface area contributed by atoms with Gasteiger partial charge in [0.15, 0.2) is 0 Å². The summed E-state index contributed by atoms with van der Waals surface area (Å²) in [5.74, 6) is 0. The first-order chi connectivity index (χ1) is 12.7. The quantitative estimate of drug-likeness (QED) is 0.0705. The van der Waals surface area contributed by atoms with Crippen LogP contribution in [0.3, 0.4) is 0 Å². The molecule has 0 aromatic heterocycles.